The maximum absolute atomic E-state index is 5.28. The van der Waals surface area contributed by atoms with E-state index in [1.54, 1.807) is 0 Å². The zero-order valence-electron chi connectivity index (χ0n) is 5.21. The van der Waals surface area contributed by atoms with Crippen LogP contribution in [0.25, 0.3) is 0 Å². The van der Waals surface area contributed by atoms with Gasteiger partial charge < -0.3 is 9.47 Å². The third-order valence-corrected chi connectivity index (χ3v) is 3.00. The molecular formula is C6H10O2S. The molecule has 0 aromatic carbocycles. The predicted molar refractivity (Wildman–Crippen MR) is 36.8 cm³/mol. The van der Waals surface area contributed by atoms with Crippen LogP contribution >= 0.6 is 11.8 Å². The molecular weight excluding hydrogens is 136 g/mol. The van der Waals surface area contributed by atoms with Gasteiger partial charge in [-0.1, -0.05) is 0 Å². The fourth-order valence-corrected chi connectivity index (χ4v) is 2.14. The van der Waals surface area contributed by atoms with Crippen LogP contribution in [-0.2, 0) is 9.47 Å². The molecule has 0 amide bonds. The number of ether oxygens (including phenoxy) is 2. The number of hydrogen-bond acceptors (Lipinski definition) is 3. The van der Waals surface area contributed by atoms with E-state index in [2.05, 4.69) is 0 Å². The highest BCUT2D eigenvalue weighted by Crippen LogP contribution is 2.28. The second-order valence-corrected chi connectivity index (χ2v) is 3.70. The normalized spacial score (nSPS) is 42.7. The maximum atomic E-state index is 5.28. The van der Waals surface area contributed by atoms with Gasteiger partial charge in [0, 0.05) is 5.75 Å². The van der Waals surface area contributed by atoms with Crippen molar-refractivity contribution in [1.29, 1.82) is 0 Å². The Kier molecular flexibility index (Phi) is 1.66. The smallest absolute Gasteiger partial charge is 0.0949 e. The fraction of sp³-hybridized carbons (Fsp3) is 1.00. The molecule has 3 heteroatoms. The first-order valence-electron chi connectivity index (χ1n) is 3.28. The van der Waals surface area contributed by atoms with E-state index in [9.17, 15) is 0 Å². The van der Waals surface area contributed by atoms with Crippen LogP contribution in [0.15, 0.2) is 0 Å². The molecule has 0 spiro atoms. The predicted octanol–water partition coefficient (Wildman–Crippen LogP) is 0.517. The minimum Gasteiger partial charge on any atom is -0.378 e. The van der Waals surface area contributed by atoms with Crippen LogP contribution < -0.4 is 0 Å². The number of thioether (sulfide) groups is 1. The first-order chi connectivity index (χ1) is 4.47. The topological polar surface area (TPSA) is 18.5 Å². The first-order valence-corrected chi connectivity index (χ1v) is 4.32. The molecule has 9 heavy (non-hydrogen) atoms. The Balaban J connectivity index is 1.90. The summed E-state index contributed by atoms with van der Waals surface area (Å²) < 4.78 is 10.6. The van der Waals surface area contributed by atoms with Gasteiger partial charge in [0.2, 0.25) is 0 Å². The van der Waals surface area contributed by atoms with Gasteiger partial charge in [0.05, 0.1) is 31.2 Å². The lowest BCUT2D eigenvalue weighted by Crippen LogP contribution is -2.44. The van der Waals surface area contributed by atoms with Gasteiger partial charge >= 0.3 is 0 Å². The van der Waals surface area contributed by atoms with Crippen LogP contribution in [0.4, 0.5) is 0 Å². The van der Waals surface area contributed by atoms with E-state index in [4.69, 9.17) is 9.47 Å². The van der Waals surface area contributed by atoms with Gasteiger partial charge in [0.25, 0.3) is 0 Å². The zero-order valence-corrected chi connectivity index (χ0v) is 6.02. The monoisotopic (exact) mass is 146 g/mol. The molecule has 2 atom stereocenters. The SMILES string of the molecule is C1CSC2COC2CO1. The van der Waals surface area contributed by atoms with Gasteiger partial charge in [-0.15, -0.1) is 0 Å². The van der Waals surface area contributed by atoms with Crippen LogP contribution in [0.2, 0.25) is 0 Å². The molecule has 2 nitrogen and oxygen atoms in total. The fourth-order valence-electron chi connectivity index (χ4n) is 1.08. The summed E-state index contributed by atoms with van der Waals surface area (Å²) in [7, 11) is 0. The second kappa shape index (κ2) is 2.48. The third kappa shape index (κ3) is 1.09. The van der Waals surface area contributed by atoms with Gasteiger partial charge in [-0.2, -0.15) is 11.8 Å². The van der Waals surface area contributed by atoms with Crippen molar-refractivity contribution in [3.63, 3.8) is 0 Å². The van der Waals surface area contributed by atoms with Crippen molar-refractivity contribution >= 4 is 11.8 Å². The molecule has 2 unspecified atom stereocenters. The van der Waals surface area contributed by atoms with E-state index in [0.29, 0.717) is 6.10 Å². The van der Waals surface area contributed by atoms with Gasteiger partial charge in [-0.05, 0) is 0 Å². The first kappa shape index (κ1) is 6.01. The molecule has 0 saturated carbocycles. The van der Waals surface area contributed by atoms with Gasteiger partial charge in [0.15, 0.2) is 0 Å². The Hall–Kier alpha value is 0.270. The summed E-state index contributed by atoms with van der Waals surface area (Å²) >= 11 is 1.98. The minimum atomic E-state index is 0.414. The van der Waals surface area contributed by atoms with E-state index in [1.807, 2.05) is 11.8 Å². The lowest BCUT2D eigenvalue weighted by Gasteiger charge is -2.33. The molecule has 0 bridgehead atoms. The van der Waals surface area contributed by atoms with Crippen LogP contribution in [0.1, 0.15) is 0 Å². The van der Waals surface area contributed by atoms with Crippen LogP contribution in [0, 0.1) is 0 Å². The summed E-state index contributed by atoms with van der Waals surface area (Å²) in [5.41, 5.74) is 0. The molecule has 2 fully saturated rings. The van der Waals surface area contributed by atoms with Crippen molar-refractivity contribution in [1.82, 2.24) is 0 Å². The highest BCUT2D eigenvalue weighted by atomic mass is 32.2. The van der Waals surface area contributed by atoms with E-state index < -0.39 is 0 Å². The largest absolute Gasteiger partial charge is 0.378 e. The molecule has 2 heterocycles. The highest BCUT2D eigenvalue weighted by molar-refractivity contribution is 8.00. The highest BCUT2D eigenvalue weighted by Gasteiger charge is 2.33. The summed E-state index contributed by atoms with van der Waals surface area (Å²) in [4.78, 5) is 0. The summed E-state index contributed by atoms with van der Waals surface area (Å²) in [5.74, 6) is 1.14. The number of fused-ring (bicyclic) bond motifs is 1. The van der Waals surface area contributed by atoms with Crippen LogP contribution in [0.5, 0.6) is 0 Å². The van der Waals surface area contributed by atoms with Crippen molar-refractivity contribution in [3.05, 3.63) is 0 Å². The Bertz CT molecular complexity index is 95.2. The lowest BCUT2D eigenvalue weighted by molar-refractivity contribution is -0.0805. The summed E-state index contributed by atoms with van der Waals surface area (Å²) in [6.07, 6.45) is 0.414. The van der Waals surface area contributed by atoms with Crippen molar-refractivity contribution in [3.8, 4) is 0 Å². The second-order valence-electron chi connectivity index (χ2n) is 2.36. The third-order valence-electron chi connectivity index (χ3n) is 1.73. The lowest BCUT2D eigenvalue weighted by atomic mass is 10.2. The Labute approximate surface area is 58.9 Å². The average molecular weight is 146 g/mol. The molecule has 0 radical (unpaired) electrons. The van der Waals surface area contributed by atoms with Gasteiger partial charge in [-0.25, -0.2) is 0 Å². The van der Waals surface area contributed by atoms with Crippen molar-refractivity contribution in [2.45, 2.75) is 11.4 Å². The van der Waals surface area contributed by atoms with E-state index in [-0.39, 0.29) is 0 Å². The molecule has 2 saturated heterocycles. The van der Waals surface area contributed by atoms with Crippen molar-refractivity contribution in [2.24, 2.45) is 0 Å². The number of hydrogen-bond donors (Lipinski definition) is 0. The van der Waals surface area contributed by atoms with Crippen LogP contribution in [-0.4, -0.2) is 36.9 Å². The van der Waals surface area contributed by atoms with E-state index in [0.717, 1.165) is 30.8 Å². The molecule has 2 aliphatic rings. The standard InChI is InChI=1S/C6H10O2S/c1-2-9-6-4-8-5(6)3-7-1/h5-6H,1-4H2. The van der Waals surface area contributed by atoms with Crippen LogP contribution in [0.3, 0.4) is 0 Å². The summed E-state index contributed by atoms with van der Waals surface area (Å²) in [6.45, 7) is 2.66. The maximum Gasteiger partial charge on any atom is 0.0949 e. The molecule has 52 valence electrons. The molecule has 2 rings (SSSR count). The van der Waals surface area contributed by atoms with Crippen molar-refractivity contribution < 1.29 is 9.47 Å². The zero-order chi connectivity index (χ0) is 6.10. The van der Waals surface area contributed by atoms with Gasteiger partial charge in [-0.3, -0.25) is 0 Å². The summed E-state index contributed by atoms with van der Waals surface area (Å²) in [6, 6.07) is 0. The Morgan fingerprint density at radius 1 is 1.33 bits per heavy atom. The summed E-state index contributed by atoms with van der Waals surface area (Å²) in [5, 5.41) is 0.743. The molecule has 0 aromatic rings. The van der Waals surface area contributed by atoms with E-state index in [1.165, 1.54) is 0 Å². The molecule has 0 aromatic heterocycles. The van der Waals surface area contributed by atoms with Crippen molar-refractivity contribution in [2.75, 3.05) is 25.6 Å². The average Bonchev–Trinajstić information content (AvgIpc) is 1.94. The van der Waals surface area contributed by atoms with E-state index >= 15 is 0 Å². The number of rotatable bonds is 0. The molecule has 0 N–H and O–H groups in total. The quantitative estimate of drug-likeness (QED) is 0.496. The molecule has 0 aliphatic carbocycles. The van der Waals surface area contributed by atoms with Gasteiger partial charge in [0.1, 0.15) is 0 Å². The minimum absolute atomic E-state index is 0.414. The Morgan fingerprint density at radius 3 is 3.11 bits per heavy atom. The Morgan fingerprint density at radius 2 is 2.33 bits per heavy atom. The molecule has 2 aliphatic heterocycles.